The van der Waals surface area contributed by atoms with Crippen molar-refractivity contribution >= 4 is 5.69 Å². The van der Waals surface area contributed by atoms with Crippen molar-refractivity contribution in [3.63, 3.8) is 0 Å². The molecule has 0 unspecified atom stereocenters. The third-order valence-corrected chi connectivity index (χ3v) is 2.83. The highest BCUT2D eigenvalue weighted by atomic mass is 16.5. The topological polar surface area (TPSA) is 67.8 Å². The number of methoxy groups -OCH3 is 1. The average Bonchev–Trinajstić information content (AvgIpc) is 3.00. The normalized spacial score (nSPS) is 10.4. The Morgan fingerprint density at radius 2 is 2.32 bits per heavy atom. The van der Waals surface area contributed by atoms with Crippen molar-refractivity contribution in [3.8, 4) is 6.07 Å². The Morgan fingerprint density at radius 3 is 3.00 bits per heavy atom. The fraction of sp³-hybridized carbons (Fsp3) is 0.385. The van der Waals surface area contributed by atoms with Crippen LogP contribution in [-0.2, 0) is 24.9 Å². The minimum Gasteiger partial charge on any atom is -0.383 e. The number of ether oxygens (including phenoxy) is 1. The first-order valence-corrected chi connectivity index (χ1v) is 6.03. The third-order valence-electron chi connectivity index (χ3n) is 2.83. The molecule has 0 bridgehead atoms. The predicted octanol–water partition coefficient (Wildman–Crippen LogP) is 1.35. The molecule has 0 aliphatic rings. The summed E-state index contributed by atoms with van der Waals surface area (Å²) in [6.07, 6.45) is 5.66. The van der Waals surface area contributed by atoms with Crippen LogP contribution in [0.25, 0.3) is 0 Å². The first-order chi connectivity index (χ1) is 9.22. The first-order valence-electron chi connectivity index (χ1n) is 6.03. The quantitative estimate of drug-likeness (QED) is 0.850. The van der Waals surface area contributed by atoms with Crippen molar-refractivity contribution in [1.82, 2.24) is 14.3 Å². The van der Waals surface area contributed by atoms with Gasteiger partial charge in [-0.15, -0.1) is 0 Å². The number of aryl methyl sites for hydroxylation is 1. The molecule has 0 aromatic carbocycles. The van der Waals surface area contributed by atoms with E-state index in [9.17, 15) is 0 Å². The highest BCUT2D eigenvalue weighted by Gasteiger charge is 2.03. The van der Waals surface area contributed by atoms with Crippen molar-refractivity contribution < 1.29 is 4.74 Å². The van der Waals surface area contributed by atoms with Crippen LogP contribution in [0.4, 0.5) is 5.69 Å². The molecule has 0 atom stereocenters. The van der Waals surface area contributed by atoms with E-state index in [1.54, 1.807) is 13.3 Å². The van der Waals surface area contributed by atoms with Gasteiger partial charge in [0, 0.05) is 33.1 Å². The van der Waals surface area contributed by atoms with E-state index >= 15 is 0 Å². The van der Waals surface area contributed by atoms with Crippen molar-refractivity contribution in [2.24, 2.45) is 7.05 Å². The molecule has 0 saturated carbocycles. The summed E-state index contributed by atoms with van der Waals surface area (Å²) in [7, 11) is 3.54. The van der Waals surface area contributed by atoms with Gasteiger partial charge in [-0.05, 0) is 11.6 Å². The zero-order chi connectivity index (χ0) is 13.7. The zero-order valence-corrected chi connectivity index (χ0v) is 11.1. The molecule has 0 radical (unpaired) electrons. The van der Waals surface area contributed by atoms with Gasteiger partial charge >= 0.3 is 0 Å². The fourth-order valence-electron chi connectivity index (χ4n) is 1.81. The van der Waals surface area contributed by atoms with Gasteiger partial charge in [0.15, 0.2) is 0 Å². The summed E-state index contributed by atoms with van der Waals surface area (Å²) < 4.78 is 8.65. The number of anilines is 1. The van der Waals surface area contributed by atoms with Crippen molar-refractivity contribution in [3.05, 3.63) is 35.9 Å². The average molecular weight is 259 g/mol. The maximum absolute atomic E-state index is 8.89. The molecule has 2 aromatic rings. The molecule has 2 heterocycles. The van der Waals surface area contributed by atoms with Crippen LogP contribution in [-0.4, -0.2) is 28.1 Å². The molecule has 6 nitrogen and oxygen atoms in total. The molecule has 19 heavy (non-hydrogen) atoms. The van der Waals surface area contributed by atoms with Crippen molar-refractivity contribution in [2.75, 3.05) is 19.0 Å². The lowest BCUT2D eigenvalue weighted by Crippen LogP contribution is -2.04. The predicted molar refractivity (Wildman–Crippen MR) is 71.6 cm³/mol. The Bertz CT molecular complexity index is 578. The summed E-state index contributed by atoms with van der Waals surface area (Å²) in [5.41, 5.74) is 2.69. The summed E-state index contributed by atoms with van der Waals surface area (Å²) in [5.74, 6) is 0. The lowest BCUT2D eigenvalue weighted by molar-refractivity contribution is 0.183. The molecule has 1 N–H and O–H groups in total. The Hall–Kier alpha value is -2.26. The second kappa shape index (κ2) is 6.07. The van der Waals surface area contributed by atoms with Gasteiger partial charge in [-0.2, -0.15) is 10.4 Å². The second-order valence-corrected chi connectivity index (χ2v) is 4.29. The SMILES string of the molecule is COCCn1cc(NCc2cc(C#N)n(C)c2)cn1. The van der Waals surface area contributed by atoms with Crippen molar-refractivity contribution in [1.29, 1.82) is 5.26 Å². The van der Waals surface area contributed by atoms with Crippen LogP contribution in [0, 0.1) is 11.3 Å². The number of nitrogens with zero attached hydrogens (tertiary/aromatic N) is 4. The Balaban J connectivity index is 1.91. The van der Waals surface area contributed by atoms with Gasteiger partial charge in [0.2, 0.25) is 0 Å². The van der Waals surface area contributed by atoms with Gasteiger partial charge in [0.25, 0.3) is 0 Å². The minimum absolute atomic E-state index is 0.644. The largest absolute Gasteiger partial charge is 0.383 e. The fourth-order valence-corrected chi connectivity index (χ4v) is 1.81. The van der Waals surface area contributed by atoms with E-state index in [1.165, 1.54) is 0 Å². The van der Waals surface area contributed by atoms with E-state index < -0.39 is 0 Å². The number of hydrogen-bond donors (Lipinski definition) is 1. The molecular weight excluding hydrogens is 242 g/mol. The van der Waals surface area contributed by atoms with E-state index in [-0.39, 0.29) is 0 Å². The molecule has 0 amide bonds. The Morgan fingerprint density at radius 1 is 1.47 bits per heavy atom. The molecule has 0 aliphatic carbocycles. The van der Waals surface area contributed by atoms with Crippen LogP contribution in [0.1, 0.15) is 11.3 Å². The third kappa shape index (κ3) is 3.36. The summed E-state index contributed by atoms with van der Waals surface area (Å²) in [4.78, 5) is 0. The van der Waals surface area contributed by atoms with E-state index in [0.29, 0.717) is 18.8 Å². The molecule has 6 heteroatoms. The Kier molecular flexibility index (Phi) is 4.21. The van der Waals surface area contributed by atoms with Crippen LogP contribution < -0.4 is 5.32 Å². The lowest BCUT2D eigenvalue weighted by atomic mass is 10.3. The van der Waals surface area contributed by atoms with Gasteiger partial charge in [-0.1, -0.05) is 0 Å². The summed E-state index contributed by atoms with van der Waals surface area (Å²) in [6, 6.07) is 4.02. The van der Waals surface area contributed by atoms with Crippen LogP contribution in [0.2, 0.25) is 0 Å². The number of nitrogens with one attached hydrogen (secondary N) is 1. The molecule has 0 saturated heterocycles. The maximum atomic E-state index is 8.89. The molecule has 2 aromatic heterocycles. The summed E-state index contributed by atoms with van der Waals surface area (Å²) in [5, 5.41) is 16.4. The monoisotopic (exact) mass is 259 g/mol. The summed E-state index contributed by atoms with van der Waals surface area (Å²) >= 11 is 0. The summed E-state index contributed by atoms with van der Waals surface area (Å²) in [6.45, 7) is 2.05. The van der Waals surface area contributed by atoms with Gasteiger partial charge in [-0.3, -0.25) is 4.68 Å². The second-order valence-electron chi connectivity index (χ2n) is 4.29. The standard InChI is InChI=1S/C13H17N5O/c1-17-9-11(5-13(17)6-14)7-15-12-8-16-18(10-12)3-4-19-2/h5,8-10,15H,3-4,7H2,1-2H3. The van der Waals surface area contributed by atoms with E-state index in [4.69, 9.17) is 10.00 Å². The van der Waals surface area contributed by atoms with Crippen molar-refractivity contribution in [2.45, 2.75) is 13.1 Å². The van der Waals surface area contributed by atoms with Crippen LogP contribution >= 0.6 is 0 Å². The molecule has 100 valence electrons. The molecule has 0 fully saturated rings. The van der Waals surface area contributed by atoms with Gasteiger partial charge in [0.1, 0.15) is 11.8 Å². The Labute approximate surface area is 112 Å². The number of aromatic nitrogens is 3. The van der Waals surface area contributed by atoms with Gasteiger partial charge in [0.05, 0.1) is 25.0 Å². The molecule has 0 aliphatic heterocycles. The van der Waals surface area contributed by atoms with E-state index in [1.807, 2.05) is 34.8 Å². The maximum Gasteiger partial charge on any atom is 0.120 e. The smallest absolute Gasteiger partial charge is 0.120 e. The number of hydrogen-bond acceptors (Lipinski definition) is 4. The van der Waals surface area contributed by atoms with E-state index in [0.717, 1.165) is 17.8 Å². The van der Waals surface area contributed by atoms with Gasteiger partial charge < -0.3 is 14.6 Å². The van der Waals surface area contributed by atoms with Crippen LogP contribution in [0.15, 0.2) is 24.7 Å². The highest BCUT2D eigenvalue weighted by Crippen LogP contribution is 2.10. The molecule has 2 rings (SSSR count). The zero-order valence-electron chi connectivity index (χ0n) is 11.1. The first kappa shape index (κ1) is 13.2. The number of rotatable bonds is 6. The number of nitriles is 1. The van der Waals surface area contributed by atoms with Gasteiger partial charge in [-0.25, -0.2) is 0 Å². The minimum atomic E-state index is 0.644. The lowest BCUT2D eigenvalue weighted by Gasteiger charge is -2.01. The molecule has 0 spiro atoms. The van der Waals surface area contributed by atoms with Crippen LogP contribution in [0.5, 0.6) is 0 Å². The van der Waals surface area contributed by atoms with Crippen LogP contribution in [0.3, 0.4) is 0 Å². The van der Waals surface area contributed by atoms with E-state index in [2.05, 4.69) is 16.5 Å². The molecular formula is C13H17N5O. The highest BCUT2D eigenvalue weighted by molar-refractivity contribution is 5.40.